The van der Waals surface area contributed by atoms with Gasteiger partial charge in [0.15, 0.2) is 0 Å². The Morgan fingerprint density at radius 3 is 2.77 bits per heavy atom. The Morgan fingerprint density at radius 1 is 1.35 bits per heavy atom. The lowest BCUT2D eigenvalue weighted by Crippen LogP contribution is -2.70. The van der Waals surface area contributed by atoms with Gasteiger partial charge in [0.1, 0.15) is 30.8 Å². The van der Waals surface area contributed by atoms with E-state index in [1.807, 2.05) is 0 Å². The predicted octanol–water partition coefficient (Wildman–Crippen LogP) is 0.511. The highest BCUT2D eigenvalue weighted by atomic mass is 32.2. The van der Waals surface area contributed by atoms with E-state index in [4.69, 9.17) is 4.74 Å². The highest BCUT2D eigenvalue weighted by molar-refractivity contribution is 8.00. The fourth-order valence-electron chi connectivity index (χ4n) is 3.31. The normalized spacial score (nSPS) is 20.2. The Morgan fingerprint density at radius 2 is 2.10 bits per heavy atom. The van der Waals surface area contributed by atoms with Crippen LogP contribution >= 0.6 is 11.8 Å². The maximum Gasteiger partial charge on any atom is 0.352 e. The number of ether oxygens (including phenoxy) is 1. The molecule has 31 heavy (non-hydrogen) atoms. The number of rotatable bonds is 8. The van der Waals surface area contributed by atoms with Gasteiger partial charge in [-0.2, -0.15) is 0 Å². The molecule has 11 heteroatoms. The van der Waals surface area contributed by atoms with E-state index in [9.17, 15) is 24.3 Å². The van der Waals surface area contributed by atoms with Gasteiger partial charge in [0, 0.05) is 18.2 Å². The smallest absolute Gasteiger partial charge is 0.352 e. The molecule has 0 saturated carbocycles. The Hall–Kier alpha value is -3.34. The van der Waals surface area contributed by atoms with Gasteiger partial charge in [-0.05, 0) is 11.1 Å². The second-order valence-electron chi connectivity index (χ2n) is 6.79. The van der Waals surface area contributed by atoms with Crippen LogP contribution in [0.25, 0.3) is 0 Å². The summed E-state index contributed by atoms with van der Waals surface area (Å²) in [5, 5.41) is 15.4. The zero-order chi connectivity index (χ0) is 22.5. The van der Waals surface area contributed by atoms with Crippen molar-refractivity contribution in [2.24, 2.45) is 5.16 Å². The Kier molecular flexibility index (Phi) is 6.95. The van der Waals surface area contributed by atoms with E-state index in [1.54, 1.807) is 24.3 Å². The van der Waals surface area contributed by atoms with Gasteiger partial charge >= 0.3 is 11.9 Å². The van der Waals surface area contributed by atoms with Gasteiger partial charge in [-0.25, -0.2) is 4.79 Å². The van der Waals surface area contributed by atoms with E-state index in [-0.39, 0.29) is 30.4 Å². The summed E-state index contributed by atoms with van der Waals surface area (Å²) >= 11 is 1.31. The summed E-state index contributed by atoms with van der Waals surface area (Å²) in [6.45, 7) is 1.02. The number of hydrogen-bond acceptors (Lipinski definition) is 8. The van der Waals surface area contributed by atoms with Crippen molar-refractivity contribution in [1.29, 1.82) is 0 Å². The van der Waals surface area contributed by atoms with Crippen molar-refractivity contribution in [3.05, 3.63) is 46.7 Å². The summed E-state index contributed by atoms with van der Waals surface area (Å²) < 4.78 is 4.90. The number of nitrogens with one attached hydrogen (secondary N) is 1. The van der Waals surface area contributed by atoms with Crippen LogP contribution in [0.3, 0.4) is 0 Å². The van der Waals surface area contributed by atoms with E-state index < -0.39 is 29.3 Å². The van der Waals surface area contributed by atoms with E-state index in [2.05, 4.69) is 15.3 Å². The first kappa shape index (κ1) is 22.3. The number of amides is 2. The predicted molar refractivity (Wildman–Crippen MR) is 111 cm³/mol. The first-order valence-electron chi connectivity index (χ1n) is 9.30. The summed E-state index contributed by atoms with van der Waals surface area (Å²) in [5.74, 6) is -2.44. The molecule has 10 nitrogen and oxygen atoms in total. The number of carbonyl (C=O) groups excluding carboxylic acids is 3. The minimum absolute atomic E-state index is 0.0202. The standard InChI is InChI=1S/C20H21N3O7S/c1-11(24)30-9-14-10-31-19-16(18(26)23(19)17(14)20(27)28)22-15(25)7-12-5-3-4-6-13(12)8-21-29-2/h3-6,8,16,19H,7,9-10H2,1-2H3,(H,22,25)(H,27,28)/b21-8+. The highest BCUT2D eigenvalue weighted by Crippen LogP contribution is 2.40. The number of aliphatic carboxylic acids is 1. The number of benzene rings is 1. The summed E-state index contributed by atoms with van der Waals surface area (Å²) in [6.07, 6.45) is 1.51. The average molecular weight is 447 g/mol. The molecular weight excluding hydrogens is 426 g/mol. The molecular formula is C20H21N3O7S. The molecule has 0 aromatic heterocycles. The van der Waals surface area contributed by atoms with Crippen LogP contribution in [0.5, 0.6) is 0 Å². The molecule has 2 heterocycles. The van der Waals surface area contributed by atoms with Gasteiger partial charge in [0.2, 0.25) is 5.91 Å². The fourth-order valence-corrected chi connectivity index (χ4v) is 4.64. The van der Waals surface area contributed by atoms with Crippen LogP contribution in [0, 0.1) is 0 Å². The fraction of sp³-hybridized carbons (Fsp3) is 0.350. The lowest BCUT2D eigenvalue weighted by Gasteiger charge is -2.49. The SMILES string of the molecule is CO/N=C/c1ccccc1CC(=O)NC1C(=O)N2C(C(=O)O)=C(COC(C)=O)CSC12. The van der Waals surface area contributed by atoms with Gasteiger partial charge < -0.3 is 20.0 Å². The minimum atomic E-state index is -1.28. The third kappa shape index (κ3) is 4.88. The molecule has 1 aromatic rings. The quantitative estimate of drug-likeness (QED) is 0.255. The number of fused-ring (bicyclic) bond motifs is 1. The number of carboxylic acids is 1. The number of esters is 1. The van der Waals surface area contributed by atoms with Crippen LogP contribution in [0.2, 0.25) is 0 Å². The zero-order valence-electron chi connectivity index (χ0n) is 16.9. The van der Waals surface area contributed by atoms with Crippen LogP contribution in [-0.4, -0.2) is 70.9 Å². The molecule has 164 valence electrons. The zero-order valence-corrected chi connectivity index (χ0v) is 17.7. The largest absolute Gasteiger partial charge is 0.477 e. The summed E-state index contributed by atoms with van der Waals surface area (Å²) in [6, 6.07) is 6.31. The number of thioether (sulfide) groups is 1. The molecule has 1 saturated heterocycles. The van der Waals surface area contributed by atoms with Crippen LogP contribution in [-0.2, 0) is 35.2 Å². The van der Waals surface area contributed by atoms with E-state index in [0.29, 0.717) is 16.7 Å². The van der Waals surface area contributed by atoms with E-state index >= 15 is 0 Å². The number of oxime groups is 1. The number of carboxylic acid groups (broad SMARTS) is 1. The van der Waals surface area contributed by atoms with Crippen LogP contribution in [0.1, 0.15) is 18.1 Å². The molecule has 0 bridgehead atoms. The summed E-state index contributed by atoms with van der Waals surface area (Å²) in [4.78, 5) is 53.8. The molecule has 2 atom stereocenters. The molecule has 2 aliphatic heterocycles. The molecule has 0 aliphatic carbocycles. The van der Waals surface area contributed by atoms with Crippen molar-refractivity contribution in [3.63, 3.8) is 0 Å². The molecule has 0 radical (unpaired) electrons. The van der Waals surface area contributed by atoms with Gasteiger partial charge in [0.05, 0.1) is 12.6 Å². The minimum Gasteiger partial charge on any atom is -0.477 e. The molecule has 0 spiro atoms. The highest BCUT2D eigenvalue weighted by Gasteiger charge is 2.54. The van der Waals surface area contributed by atoms with E-state index in [1.165, 1.54) is 32.0 Å². The van der Waals surface area contributed by atoms with Crippen molar-refractivity contribution in [2.45, 2.75) is 24.8 Å². The molecule has 1 fully saturated rings. The second kappa shape index (κ2) is 9.65. The van der Waals surface area contributed by atoms with Crippen LogP contribution in [0.15, 0.2) is 40.7 Å². The molecule has 3 rings (SSSR count). The first-order valence-corrected chi connectivity index (χ1v) is 10.4. The van der Waals surface area contributed by atoms with Gasteiger partial charge in [-0.3, -0.25) is 19.3 Å². The average Bonchev–Trinajstić information content (AvgIpc) is 2.74. The van der Waals surface area contributed by atoms with Gasteiger partial charge in [0.25, 0.3) is 5.91 Å². The monoisotopic (exact) mass is 447 g/mol. The third-order valence-electron chi connectivity index (χ3n) is 4.72. The molecule has 2 N–H and O–H groups in total. The number of hydrogen-bond donors (Lipinski definition) is 2. The molecule has 1 aromatic carbocycles. The van der Waals surface area contributed by atoms with Crippen LogP contribution < -0.4 is 5.32 Å². The van der Waals surface area contributed by atoms with E-state index in [0.717, 1.165) is 4.90 Å². The number of carbonyl (C=O) groups is 4. The lowest BCUT2D eigenvalue weighted by atomic mass is 10.0. The van der Waals surface area contributed by atoms with Crippen molar-refractivity contribution in [1.82, 2.24) is 10.2 Å². The molecule has 2 unspecified atom stereocenters. The summed E-state index contributed by atoms with van der Waals surface area (Å²) in [7, 11) is 1.42. The number of β-lactam (4-membered cyclic amide) rings is 1. The Bertz CT molecular complexity index is 975. The van der Waals surface area contributed by atoms with Crippen molar-refractivity contribution in [2.75, 3.05) is 19.5 Å². The number of nitrogens with zero attached hydrogens (tertiary/aromatic N) is 2. The lowest BCUT2D eigenvalue weighted by molar-refractivity contribution is -0.151. The van der Waals surface area contributed by atoms with Crippen LogP contribution in [0.4, 0.5) is 0 Å². The maximum atomic E-state index is 12.6. The Labute approximate surface area is 182 Å². The topological polar surface area (TPSA) is 135 Å². The second-order valence-corrected chi connectivity index (χ2v) is 7.89. The van der Waals surface area contributed by atoms with Gasteiger partial charge in [-0.1, -0.05) is 29.4 Å². The Balaban J connectivity index is 1.69. The maximum absolute atomic E-state index is 12.6. The first-order chi connectivity index (χ1) is 14.8. The summed E-state index contributed by atoms with van der Waals surface area (Å²) in [5.41, 5.74) is 1.56. The molecule has 2 aliphatic rings. The molecule has 2 amide bonds. The van der Waals surface area contributed by atoms with Crippen molar-refractivity contribution >= 4 is 41.7 Å². The van der Waals surface area contributed by atoms with Crippen molar-refractivity contribution in [3.8, 4) is 0 Å². The van der Waals surface area contributed by atoms with Crippen molar-refractivity contribution < 1.29 is 33.9 Å². The van der Waals surface area contributed by atoms with Gasteiger partial charge in [-0.15, -0.1) is 11.8 Å². The third-order valence-corrected chi connectivity index (χ3v) is 6.06.